The molecule has 1 N–H and O–H groups in total. The van der Waals surface area contributed by atoms with E-state index in [1.807, 2.05) is 49.2 Å². The predicted molar refractivity (Wildman–Crippen MR) is 87.3 cm³/mol. The van der Waals surface area contributed by atoms with Crippen LogP contribution in [0.3, 0.4) is 0 Å². The Kier molecular flexibility index (Phi) is 5.59. The molecule has 4 heteroatoms. The van der Waals surface area contributed by atoms with Crippen molar-refractivity contribution >= 4 is 17.3 Å². The summed E-state index contributed by atoms with van der Waals surface area (Å²) in [5.41, 5.74) is 2.96. The van der Waals surface area contributed by atoms with Crippen molar-refractivity contribution in [3.05, 3.63) is 64.4 Å². The quantitative estimate of drug-likeness (QED) is 0.859. The first-order chi connectivity index (χ1) is 10.1. The molecule has 0 bridgehead atoms. The number of nitrogens with one attached hydrogen (secondary N) is 1. The lowest BCUT2D eigenvalue weighted by Crippen LogP contribution is -2.18. The van der Waals surface area contributed by atoms with E-state index in [1.165, 1.54) is 0 Å². The summed E-state index contributed by atoms with van der Waals surface area (Å²) in [6.45, 7) is 4.29. The van der Waals surface area contributed by atoms with Crippen LogP contribution in [0.15, 0.2) is 42.5 Å². The van der Waals surface area contributed by atoms with E-state index in [0.717, 1.165) is 28.4 Å². The zero-order valence-electron chi connectivity index (χ0n) is 12.4. The molecular weight excluding hydrogens is 287 g/mol. The van der Waals surface area contributed by atoms with Crippen LogP contribution >= 0.6 is 11.6 Å². The largest absolute Gasteiger partial charge is 0.370 e. The van der Waals surface area contributed by atoms with Crippen molar-refractivity contribution in [3.63, 3.8) is 0 Å². The van der Waals surface area contributed by atoms with Crippen LogP contribution in [0, 0.1) is 5.82 Å². The first-order valence-electron chi connectivity index (χ1n) is 7.04. The van der Waals surface area contributed by atoms with Crippen molar-refractivity contribution in [2.24, 2.45) is 0 Å². The first-order valence-corrected chi connectivity index (χ1v) is 7.42. The molecule has 0 spiro atoms. The minimum Gasteiger partial charge on any atom is -0.370 e. The van der Waals surface area contributed by atoms with E-state index in [0.29, 0.717) is 13.1 Å². The van der Waals surface area contributed by atoms with Gasteiger partial charge in [0.2, 0.25) is 0 Å². The van der Waals surface area contributed by atoms with Crippen molar-refractivity contribution < 1.29 is 4.39 Å². The van der Waals surface area contributed by atoms with Gasteiger partial charge in [-0.05, 0) is 48.0 Å². The van der Waals surface area contributed by atoms with E-state index >= 15 is 0 Å². The average molecular weight is 307 g/mol. The lowest BCUT2D eigenvalue weighted by molar-refractivity contribution is 0.621. The summed E-state index contributed by atoms with van der Waals surface area (Å²) in [4.78, 5) is 2.03. The number of anilines is 1. The Labute approximate surface area is 130 Å². The smallest absolute Gasteiger partial charge is 0.125 e. The Morgan fingerprint density at radius 2 is 1.81 bits per heavy atom. The van der Waals surface area contributed by atoms with Gasteiger partial charge in [0.25, 0.3) is 0 Å². The molecule has 21 heavy (non-hydrogen) atoms. The number of nitrogens with zero attached hydrogens (tertiary/aromatic N) is 1. The van der Waals surface area contributed by atoms with E-state index in [2.05, 4.69) is 5.32 Å². The molecule has 0 aromatic heterocycles. The molecule has 0 unspecified atom stereocenters. The van der Waals surface area contributed by atoms with Gasteiger partial charge in [0.1, 0.15) is 5.82 Å². The number of halogens is 2. The fourth-order valence-corrected chi connectivity index (χ4v) is 2.31. The summed E-state index contributed by atoms with van der Waals surface area (Å²) in [5.74, 6) is -0.205. The molecule has 0 aliphatic rings. The summed E-state index contributed by atoms with van der Waals surface area (Å²) in [7, 11) is 1.96. The summed E-state index contributed by atoms with van der Waals surface area (Å²) in [5, 5.41) is 3.94. The molecule has 0 fully saturated rings. The van der Waals surface area contributed by atoms with Crippen molar-refractivity contribution in [3.8, 4) is 0 Å². The highest BCUT2D eigenvalue weighted by atomic mass is 35.5. The van der Waals surface area contributed by atoms with Crippen LogP contribution in [-0.4, -0.2) is 13.6 Å². The molecule has 0 saturated heterocycles. The molecule has 0 heterocycles. The monoisotopic (exact) mass is 306 g/mol. The SMILES string of the molecule is CCNCc1cc(F)cc(N(C)Cc2ccc(Cl)cc2)c1. The molecule has 0 aliphatic heterocycles. The fourth-order valence-electron chi connectivity index (χ4n) is 2.18. The van der Waals surface area contributed by atoms with Gasteiger partial charge >= 0.3 is 0 Å². The minimum absolute atomic E-state index is 0.205. The van der Waals surface area contributed by atoms with E-state index in [-0.39, 0.29) is 5.82 Å². The highest BCUT2D eigenvalue weighted by molar-refractivity contribution is 6.30. The molecule has 2 rings (SSSR count). The summed E-state index contributed by atoms with van der Waals surface area (Å²) < 4.78 is 13.7. The second kappa shape index (κ2) is 7.43. The third-order valence-electron chi connectivity index (χ3n) is 3.30. The van der Waals surface area contributed by atoms with Gasteiger partial charge in [-0.15, -0.1) is 0 Å². The van der Waals surface area contributed by atoms with Gasteiger partial charge in [-0.1, -0.05) is 30.7 Å². The van der Waals surface area contributed by atoms with E-state index in [1.54, 1.807) is 12.1 Å². The molecule has 112 valence electrons. The zero-order chi connectivity index (χ0) is 15.2. The van der Waals surface area contributed by atoms with Gasteiger partial charge in [-0.25, -0.2) is 4.39 Å². The van der Waals surface area contributed by atoms with Crippen LogP contribution < -0.4 is 10.2 Å². The molecular formula is C17H20ClFN2. The van der Waals surface area contributed by atoms with Gasteiger partial charge in [0.05, 0.1) is 0 Å². The number of benzene rings is 2. The normalized spacial score (nSPS) is 10.7. The van der Waals surface area contributed by atoms with Crippen LogP contribution in [0.5, 0.6) is 0 Å². The molecule has 0 saturated carbocycles. The third-order valence-corrected chi connectivity index (χ3v) is 3.55. The Hall–Kier alpha value is -1.58. The van der Waals surface area contributed by atoms with Gasteiger partial charge < -0.3 is 10.2 Å². The van der Waals surface area contributed by atoms with Gasteiger partial charge in [0.15, 0.2) is 0 Å². The van der Waals surface area contributed by atoms with E-state index < -0.39 is 0 Å². The lowest BCUT2D eigenvalue weighted by Gasteiger charge is -2.20. The Balaban J connectivity index is 2.12. The molecule has 0 aliphatic carbocycles. The molecule has 0 radical (unpaired) electrons. The third kappa shape index (κ3) is 4.73. The van der Waals surface area contributed by atoms with Gasteiger partial charge in [0, 0.05) is 30.8 Å². The standard InChI is InChI=1S/C17H20ClFN2/c1-3-20-11-14-8-16(19)10-17(9-14)21(2)12-13-4-6-15(18)7-5-13/h4-10,20H,3,11-12H2,1-2H3. The number of hydrogen-bond donors (Lipinski definition) is 1. The van der Waals surface area contributed by atoms with E-state index in [4.69, 9.17) is 11.6 Å². The van der Waals surface area contributed by atoms with Gasteiger partial charge in [-0.3, -0.25) is 0 Å². The molecule has 2 aromatic rings. The maximum Gasteiger partial charge on any atom is 0.125 e. The number of rotatable bonds is 6. The average Bonchev–Trinajstić information content (AvgIpc) is 2.47. The highest BCUT2D eigenvalue weighted by Crippen LogP contribution is 2.20. The molecule has 2 aromatic carbocycles. The van der Waals surface area contributed by atoms with Crippen LogP contribution in [0.25, 0.3) is 0 Å². The topological polar surface area (TPSA) is 15.3 Å². The highest BCUT2D eigenvalue weighted by Gasteiger charge is 2.06. The summed E-state index contributed by atoms with van der Waals surface area (Å²) in [6, 6.07) is 12.9. The van der Waals surface area contributed by atoms with Crippen molar-refractivity contribution in [1.29, 1.82) is 0 Å². The second-order valence-corrected chi connectivity index (χ2v) is 5.52. The Morgan fingerprint density at radius 1 is 1.10 bits per heavy atom. The van der Waals surface area contributed by atoms with Crippen molar-refractivity contribution in [1.82, 2.24) is 5.32 Å². The first kappa shape index (κ1) is 15.8. The molecule has 0 atom stereocenters. The maximum absolute atomic E-state index is 13.7. The van der Waals surface area contributed by atoms with Gasteiger partial charge in [-0.2, -0.15) is 0 Å². The number of hydrogen-bond acceptors (Lipinski definition) is 2. The lowest BCUT2D eigenvalue weighted by atomic mass is 10.1. The summed E-state index contributed by atoms with van der Waals surface area (Å²) in [6.07, 6.45) is 0. The minimum atomic E-state index is -0.205. The van der Waals surface area contributed by atoms with Crippen LogP contribution in [0.2, 0.25) is 5.02 Å². The predicted octanol–water partition coefficient (Wildman–Crippen LogP) is 4.23. The Morgan fingerprint density at radius 3 is 2.48 bits per heavy atom. The second-order valence-electron chi connectivity index (χ2n) is 5.08. The summed E-state index contributed by atoms with van der Waals surface area (Å²) >= 11 is 5.89. The van der Waals surface area contributed by atoms with Crippen LogP contribution in [0.1, 0.15) is 18.1 Å². The van der Waals surface area contributed by atoms with Crippen molar-refractivity contribution in [2.75, 3.05) is 18.5 Å². The van der Waals surface area contributed by atoms with Crippen molar-refractivity contribution in [2.45, 2.75) is 20.0 Å². The van der Waals surface area contributed by atoms with Crippen LogP contribution in [-0.2, 0) is 13.1 Å². The maximum atomic E-state index is 13.7. The van der Waals surface area contributed by atoms with E-state index in [9.17, 15) is 4.39 Å². The zero-order valence-corrected chi connectivity index (χ0v) is 13.1. The molecule has 0 amide bonds. The Bertz CT molecular complexity index is 584. The molecule has 2 nitrogen and oxygen atoms in total. The van der Waals surface area contributed by atoms with Crippen LogP contribution in [0.4, 0.5) is 10.1 Å². The fraction of sp³-hybridized carbons (Fsp3) is 0.294.